The van der Waals surface area contributed by atoms with Gasteiger partial charge in [-0.05, 0) is 11.6 Å². The Balaban J connectivity index is 2.73. The second-order valence-corrected chi connectivity index (χ2v) is 4.00. The Kier molecular flexibility index (Phi) is 5.14. The third-order valence-corrected chi connectivity index (χ3v) is 2.48. The quantitative estimate of drug-likeness (QED) is 0.734. The second kappa shape index (κ2) is 6.40. The maximum atomic E-state index is 13.5. The minimum atomic E-state index is -3.93. The summed E-state index contributed by atoms with van der Waals surface area (Å²) in [6.45, 7) is 0. The minimum absolute atomic E-state index is 0.602. The van der Waals surface area contributed by atoms with Gasteiger partial charge in [0.15, 0.2) is 0 Å². The molecule has 2 atom stereocenters. The maximum absolute atomic E-state index is 13.5. The summed E-state index contributed by atoms with van der Waals surface area (Å²) in [7, 11) is 0. The first-order valence-corrected chi connectivity index (χ1v) is 5.53. The zero-order chi connectivity index (χ0) is 14.5. The van der Waals surface area contributed by atoms with Gasteiger partial charge in [-0.25, -0.2) is 8.78 Å². The zero-order valence-corrected chi connectivity index (χ0v) is 9.91. The molecule has 0 saturated heterocycles. The van der Waals surface area contributed by atoms with Crippen LogP contribution in [0.25, 0.3) is 6.08 Å². The smallest absolute Gasteiger partial charge is 0.306 e. The van der Waals surface area contributed by atoms with Crippen LogP contribution in [0.2, 0.25) is 0 Å². The molecule has 19 heavy (non-hydrogen) atoms. The minimum Gasteiger partial charge on any atom is -0.481 e. The third-order valence-electron chi connectivity index (χ3n) is 2.48. The van der Waals surface area contributed by atoms with Crippen LogP contribution >= 0.6 is 0 Å². The Morgan fingerprint density at radius 2 is 1.84 bits per heavy atom. The van der Waals surface area contributed by atoms with Gasteiger partial charge in [-0.1, -0.05) is 36.4 Å². The fourth-order valence-electron chi connectivity index (χ4n) is 1.39. The molecule has 0 aliphatic carbocycles. The molecular formula is C13H14F2O4. The van der Waals surface area contributed by atoms with E-state index in [-0.39, 0.29) is 0 Å². The van der Waals surface area contributed by atoms with E-state index in [4.69, 9.17) is 10.2 Å². The number of carboxylic acid groups (broad SMARTS) is 1. The lowest BCUT2D eigenvalue weighted by molar-refractivity contribution is -0.173. The highest BCUT2D eigenvalue weighted by molar-refractivity contribution is 5.67. The summed E-state index contributed by atoms with van der Waals surface area (Å²) in [6.07, 6.45) is -3.75. The van der Waals surface area contributed by atoms with Gasteiger partial charge in [-0.3, -0.25) is 4.79 Å². The molecule has 1 rings (SSSR count). The molecule has 0 fully saturated rings. The molecular weight excluding hydrogens is 258 g/mol. The van der Waals surface area contributed by atoms with Gasteiger partial charge in [0.25, 0.3) is 0 Å². The van der Waals surface area contributed by atoms with Crippen molar-refractivity contribution in [3.05, 3.63) is 42.0 Å². The van der Waals surface area contributed by atoms with Crippen molar-refractivity contribution in [2.75, 3.05) is 0 Å². The Bertz CT molecular complexity index is 445. The average molecular weight is 272 g/mol. The predicted octanol–water partition coefficient (Wildman–Crippen LogP) is 1.53. The lowest BCUT2D eigenvalue weighted by Crippen LogP contribution is -2.44. The van der Waals surface area contributed by atoms with Crippen LogP contribution in [0.5, 0.6) is 0 Å². The summed E-state index contributed by atoms with van der Waals surface area (Å²) in [5.41, 5.74) is 0.602. The standard InChI is InChI=1S/C13H14F2O4/c14-13(15,11(17)8-12(18)19)10(16)7-6-9-4-2-1-3-5-9/h1-7,10-11,16-17H,8H2,(H,18,19)/b7-6+. The van der Waals surface area contributed by atoms with Gasteiger partial charge < -0.3 is 15.3 Å². The summed E-state index contributed by atoms with van der Waals surface area (Å²) in [4.78, 5) is 10.3. The van der Waals surface area contributed by atoms with E-state index in [9.17, 15) is 18.7 Å². The van der Waals surface area contributed by atoms with Crippen molar-refractivity contribution in [3.8, 4) is 0 Å². The van der Waals surface area contributed by atoms with Crippen LogP contribution in [0.15, 0.2) is 36.4 Å². The van der Waals surface area contributed by atoms with Crippen molar-refractivity contribution < 1.29 is 28.9 Å². The number of rotatable bonds is 6. The van der Waals surface area contributed by atoms with Gasteiger partial charge >= 0.3 is 11.9 Å². The summed E-state index contributed by atoms with van der Waals surface area (Å²) < 4.78 is 26.9. The first-order valence-electron chi connectivity index (χ1n) is 5.53. The molecule has 0 radical (unpaired) electrons. The number of carbonyl (C=O) groups is 1. The largest absolute Gasteiger partial charge is 0.481 e. The van der Waals surface area contributed by atoms with Crippen LogP contribution in [-0.4, -0.2) is 39.4 Å². The van der Waals surface area contributed by atoms with Crippen LogP contribution in [0.4, 0.5) is 8.78 Å². The van der Waals surface area contributed by atoms with Crippen molar-refractivity contribution >= 4 is 12.0 Å². The lowest BCUT2D eigenvalue weighted by atomic mass is 10.0. The van der Waals surface area contributed by atoms with Crippen molar-refractivity contribution in [3.63, 3.8) is 0 Å². The Labute approximate surface area is 108 Å². The number of alkyl halides is 2. The normalized spacial score (nSPS) is 15.4. The third kappa shape index (κ3) is 4.42. The molecule has 0 saturated carbocycles. The molecule has 1 aromatic carbocycles. The van der Waals surface area contributed by atoms with E-state index in [0.717, 1.165) is 6.08 Å². The van der Waals surface area contributed by atoms with Crippen LogP contribution in [0, 0.1) is 0 Å². The Morgan fingerprint density at radius 3 is 2.37 bits per heavy atom. The monoisotopic (exact) mass is 272 g/mol. The summed E-state index contributed by atoms with van der Waals surface area (Å²) >= 11 is 0. The van der Waals surface area contributed by atoms with Crippen molar-refractivity contribution in [2.45, 2.75) is 24.6 Å². The van der Waals surface area contributed by atoms with Crippen LogP contribution in [-0.2, 0) is 4.79 Å². The topological polar surface area (TPSA) is 77.8 Å². The first kappa shape index (κ1) is 15.3. The molecule has 0 aliphatic heterocycles. The molecule has 0 bridgehead atoms. The number of aliphatic carboxylic acids is 1. The highest BCUT2D eigenvalue weighted by atomic mass is 19.3. The highest BCUT2D eigenvalue weighted by Crippen LogP contribution is 2.26. The van der Waals surface area contributed by atoms with E-state index in [1.807, 2.05) is 0 Å². The number of benzene rings is 1. The molecule has 0 aromatic heterocycles. The first-order chi connectivity index (χ1) is 8.84. The Hall–Kier alpha value is -1.79. The number of aliphatic hydroxyl groups is 2. The van der Waals surface area contributed by atoms with E-state index in [0.29, 0.717) is 5.56 Å². The van der Waals surface area contributed by atoms with Gasteiger partial charge in [-0.15, -0.1) is 0 Å². The molecule has 0 aliphatic rings. The van der Waals surface area contributed by atoms with Crippen molar-refractivity contribution in [1.82, 2.24) is 0 Å². The lowest BCUT2D eigenvalue weighted by Gasteiger charge is -2.24. The molecule has 2 unspecified atom stereocenters. The molecule has 0 amide bonds. The van der Waals surface area contributed by atoms with E-state index in [1.54, 1.807) is 30.3 Å². The number of hydrogen-bond donors (Lipinski definition) is 3. The van der Waals surface area contributed by atoms with Gasteiger partial charge in [0.2, 0.25) is 0 Å². The SMILES string of the molecule is O=C(O)CC(O)C(F)(F)C(O)/C=C/c1ccccc1. The Morgan fingerprint density at radius 1 is 1.26 bits per heavy atom. The van der Waals surface area contributed by atoms with E-state index < -0.39 is 30.5 Å². The van der Waals surface area contributed by atoms with E-state index in [1.165, 1.54) is 6.08 Å². The molecule has 6 heteroatoms. The molecule has 1 aromatic rings. The summed E-state index contributed by atoms with van der Waals surface area (Å²) in [5, 5.41) is 26.8. The zero-order valence-electron chi connectivity index (χ0n) is 9.91. The summed E-state index contributed by atoms with van der Waals surface area (Å²) in [5.74, 6) is -5.49. The number of hydrogen-bond acceptors (Lipinski definition) is 3. The molecule has 3 N–H and O–H groups in total. The molecule has 4 nitrogen and oxygen atoms in total. The fourth-order valence-corrected chi connectivity index (χ4v) is 1.39. The van der Waals surface area contributed by atoms with E-state index >= 15 is 0 Å². The average Bonchev–Trinajstić information content (AvgIpc) is 2.36. The second-order valence-electron chi connectivity index (χ2n) is 4.00. The summed E-state index contributed by atoms with van der Waals surface area (Å²) in [6, 6.07) is 8.44. The fraction of sp³-hybridized carbons (Fsp3) is 0.308. The van der Waals surface area contributed by atoms with Gasteiger partial charge in [-0.2, -0.15) is 0 Å². The van der Waals surface area contributed by atoms with Gasteiger partial charge in [0, 0.05) is 0 Å². The van der Waals surface area contributed by atoms with E-state index in [2.05, 4.69) is 0 Å². The number of halogens is 2. The van der Waals surface area contributed by atoms with Gasteiger partial charge in [0.05, 0.1) is 6.42 Å². The van der Waals surface area contributed by atoms with Crippen molar-refractivity contribution in [2.24, 2.45) is 0 Å². The predicted molar refractivity (Wildman–Crippen MR) is 64.7 cm³/mol. The maximum Gasteiger partial charge on any atom is 0.306 e. The van der Waals surface area contributed by atoms with Crippen LogP contribution in [0.1, 0.15) is 12.0 Å². The number of carboxylic acids is 1. The number of aliphatic hydroxyl groups excluding tert-OH is 2. The molecule has 0 heterocycles. The van der Waals surface area contributed by atoms with Crippen LogP contribution in [0.3, 0.4) is 0 Å². The van der Waals surface area contributed by atoms with Crippen molar-refractivity contribution in [1.29, 1.82) is 0 Å². The molecule has 104 valence electrons. The van der Waals surface area contributed by atoms with Crippen LogP contribution < -0.4 is 0 Å². The highest BCUT2D eigenvalue weighted by Gasteiger charge is 2.45. The molecule has 0 spiro atoms. The van der Waals surface area contributed by atoms with Gasteiger partial charge in [0.1, 0.15) is 12.2 Å².